The molecular weight excluding hydrogens is 379 g/mol. The van der Waals surface area contributed by atoms with Crippen LogP contribution >= 0.6 is 22.6 Å². The van der Waals surface area contributed by atoms with E-state index in [4.69, 9.17) is 0 Å². The van der Waals surface area contributed by atoms with Gasteiger partial charge >= 0.3 is 0 Å². The average molecular weight is 396 g/mol. The van der Waals surface area contributed by atoms with Crippen molar-refractivity contribution in [3.05, 3.63) is 67.8 Å². The van der Waals surface area contributed by atoms with E-state index < -0.39 is 0 Å². The van der Waals surface area contributed by atoms with Gasteiger partial charge in [0.15, 0.2) is 0 Å². The van der Waals surface area contributed by atoms with E-state index in [0.29, 0.717) is 5.92 Å². The fourth-order valence-electron chi connectivity index (χ4n) is 2.13. The van der Waals surface area contributed by atoms with Crippen LogP contribution in [-0.4, -0.2) is 11.5 Å². The molecule has 0 amide bonds. The Morgan fingerprint density at radius 3 is 2.57 bits per heavy atom. The van der Waals surface area contributed by atoms with Gasteiger partial charge in [-0.05, 0) is 46.6 Å². The lowest BCUT2D eigenvalue weighted by molar-refractivity contribution is -0.384. The number of nitro benzene ring substituents is 1. The van der Waals surface area contributed by atoms with Gasteiger partial charge in [0, 0.05) is 27.9 Å². The number of hydrogen-bond donors (Lipinski definition) is 1. The van der Waals surface area contributed by atoms with Crippen molar-refractivity contribution in [2.75, 3.05) is 11.9 Å². The zero-order valence-corrected chi connectivity index (χ0v) is 13.9. The highest BCUT2D eigenvalue weighted by Crippen LogP contribution is 2.24. The van der Waals surface area contributed by atoms with Gasteiger partial charge in [-0.1, -0.05) is 37.3 Å². The van der Waals surface area contributed by atoms with Crippen LogP contribution in [-0.2, 0) is 0 Å². The second-order valence-corrected chi connectivity index (χ2v) is 6.11. The summed E-state index contributed by atoms with van der Waals surface area (Å²) in [5, 5.41) is 14.1. The van der Waals surface area contributed by atoms with Gasteiger partial charge < -0.3 is 5.32 Å². The average Bonchev–Trinajstić information content (AvgIpc) is 2.49. The third-order valence-corrected chi connectivity index (χ3v) is 4.32. The van der Waals surface area contributed by atoms with Crippen LogP contribution in [0.4, 0.5) is 11.4 Å². The van der Waals surface area contributed by atoms with E-state index in [0.717, 1.165) is 22.2 Å². The zero-order chi connectivity index (χ0) is 15.2. The molecule has 0 aliphatic heterocycles. The van der Waals surface area contributed by atoms with E-state index >= 15 is 0 Å². The molecule has 0 saturated heterocycles. The molecule has 2 aromatic rings. The van der Waals surface area contributed by atoms with E-state index in [9.17, 15) is 10.1 Å². The van der Waals surface area contributed by atoms with Crippen LogP contribution < -0.4 is 5.32 Å². The molecule has 0 fully saturated rings. The Hall–Kier alpha value is -1.63. The van der Waals surface area contributed by atoms with Gasteiger partial charge in [-0.25, -0.2) is 0 Å². The van der Waals surface area contributed by atoms with Gasteiger partial charge in [0.2, 0.25) is 0 Å². The Morgan fingerprint density at radius 2 is 1.95 bits per heavy atom. The Labute approximate surface area is 137 Å². The molecule has 4 nitrogen and oxygen atoms in total. The molecule has 0 spiro atoms. The summed E-state index contributed by atoms with van der Waals surface area (Å²) in [5.41, 5.74) is 2.40. The number of hydrogen-bond acceptors (Lipinski definition) is 3. The normalized spacial score (nSPS) is 11.9. The molecule has 0 aliphatic carbocycles. The molecule has 1 N–H and O–H groups in total. The Kier molecular flexibility index (Phi) is 5.55. The van der Waals surface area contributed by atoms with Crippen LogP contribution in [0.15, 0.2) is 48.5 Å². The van der Waals surface area contributed by atoms with E-state index in [1.807, 2.05) is 6.07 Å². The van der Waals surface area contributed by atoms with Crippen LogP contribution in [0.2, 0.25) is 0 Å². The molecule has 0 radical (unpaired) electrons. The summed E-state index contributed by atoms with van der Waals surface area (Å²) in [4.78, 5) is 10.3. The smallest absolute Gasteiger partial charge is 0.270 e. The molecule has 21 heavy (non-hydrogen) atoms. The fourth-order valence-corrected chi connectivity index (χ4v) is 2.82. The summed E-state index contributed by atoms with van der Waals surface area (Å²) in [5.74, 6) is 0.481. The third-order valence-electron chi connectivity index (χ3n) is 3.42. The van der Waals surface area contributed by atoms with Crippen molar-refractivity contribution in [1.82, 2.24) is 0 Å². The number of halogens is 1. The van der Waals surface area contributed by atoms with Crippen LogP contribution in [0.5, 0.6) is 0 Å². The summed E-state index contributed by atoms with van der Waals surface area (Å²) in [6.45, 7) is 3.04. The minimum atomic E-state index is -0.372. The van der Waals surface area contributed by atoms with Gasteiger partial charge in [0.05, 0.1) is 4.92 Å². The molecule has 0 aliphatic rings. The summed E-state index contributed by atoms with van der Waals surface area (Å²) in [7, 11) is 0. The topological polar surface area (TPSA) is 55.2 Å². The molecule has 5 heteroatoms. The zero-order valence-electron chi connectivity index (χ0n) is 11.8. The number of non-ortho nitro benzene ring substituents is 1. The summed E-state index contributed by atoms with van der Waals surface area (Å²) >= 11 is 2.12. The van der Waals surface area contributed by atoms with Crippen molar-refractivity contribution in [3.8, 4) is 0 Å². The second-order valence-electron chi connectivity index (χ2n) is 4.95. The van der Waals surface area contributed by atoms with Crippen molar-refractivity contribution in [2.24, 2.45) is 0 Å². The number of nitro groups is 1. The van der Waals surface area contributed by atoms with Crippen molar-refractivity contribution in [3.63, 3.8) is 0 Å². The van der Waals surface area contributed by atoms with E-state index in [1.165, 1.54) is 11.6 Å². The van der Waals surface area contributed by atoms with Gasteiger partial charge in [0.25, 0.3) is 5.69 Å². The first-order valence-corrected chi connectivity index (χ1v) is 7.88. The first-order chi connectivity index (χ1) is 10.1. The molecule has 110 valence electrons. The van der Waals surface area contributed by atoms with Crippen LogP contribution in [0, 0.1) is 13.7 Å². The first-order valence-electron chi connectivity index (χ1n) is 6.80. The molecule has 1 unspecified atom stereocenters. The minimum Gasteiger partial charge on any atom is -0.384 e. The third kappa shape index (κ3) is 4.42. The molecule has 1 atom stereocenters. The standard InChI is InChI=1S/C16H17IN2O2/c1-12(13-5-3-2-4-6-13)9-10-18-16-8-7-14(19(20)21)11-15(16)17/h2-8,11-12,18H,9-10H2,1H3. The Bertz CT molecular complexity index is 617. The molecule has 0 heterocycles. The highest BCUT2D eigenvalue weighted by molar-refractivity contribution is 14.1. The highest BCUT2D eigenvalue weighted by Gasteiger charge is 2.09. The number of anilines is 1. The van der Waals surface area contributed by atoms with E-state index in [1.54, 1.807) is 12.1 Å². The minimum absolute atomic E-state index is 0.127. The SMILES string of the molecule is CC(CCNc1ccc([N+](=O)[O-])cc1I)c1ccccc1. The van der Waals surface area contributed by atoms with Crippen LogP contribution in [0.1, 0.15) is 24.8 Å². The Morgan fingerprint density at radius 1 is 1.24 bits per heavy atom. The van der Waals surface area contributed by atoms with Crippen molar-refractivity contribution < 1.29 is 4.92 Å². The van der Waals surface area contributed by atoms with Crippen molar-refractivity contribution in [1.29, 1.82) is 0 Å². The maximum Gasteiger partial charge on any atom is 0.270 e. The molecule has 2 aromatic carbocycles. The largest absolute Gasteiger partial charge is 0.384 e. The number of benzene rings is 2. The van der Waals surface area contributed by atoms with E-state index in [-0.39, 0.29) is 10.6 Å². The van der Waals surface area contributed by atoms with Crippen molar-refractivity contribution in [2.45, 2.75) is 19.3 Å². The van der Waals surface area contributed by atoms with Gasteiger partial charge in [-0.2, -0.15) is 0 Å². The van der Waals surface area contributed by atoms with Gasteiger partial charge in [0.1, 0.15) is 0 Å². The van der Waals surface area contributed by atoms with Gasteiger partial charge in [-0.3, -0.25) is 10.1 Å². The van der Waals surface area contributed by atoms with Crippen LogP contribution in [0.3, 0.4) is 0 Å². The molecule has 0 saturated carbocycles. The van der Waals surface area contributed by atoms with E-state index in [2.05, 4.69) is 59.1 Å². The number of nitrogens with one attached hydrogen (secondary N) is 1. The fraction of sp³-hybridized carbons (Fsp3) is 0.250. The molecule has 0 aromatic heterocycles. The van der Waals surface area contributed by atoms with Gasteiger partial charge in [-0.15, -0.1) is 0 Å². The lowest BCUT2D eigenvalue weighted by Gasteiger charge is -2.13. The quantitative estimate of drug-likeness (QED) is 0.433. The highest BCUT2D eigenvalue weighted by atomic mass is 127. The lowest BCUT2D eigenvalue weighted by Crippen LogP contribution is -2.07. The maximum atomic E-state index is 10.7. The molecule has 2 rings (SSSR count). The second kappa shape index (κ2) is 7.40. The summed E-state index contributed by atoms with van der Waals surface area (Å²) < 4.78 is 0.870. The Balaban J connectivity index is 1.90. The first kappa shape index (κ1) is 15.8. The number of rotatable bonds is 6. The van der Waals surface area contributed by atoms with Crippen molar-refractivity contribution >= 4 is 34.0 Å². The monoisotopic (exact) mass is 396 g/mol. The van der Waals surface area contributed by atoms with Crippen LogP contribution in [0.25, 0.3) is 0 Å². The lowest BCUT2D eigenvalue weighted by atomic mass is 9.98. The maximum absolute atomic E-state index is 10.7. The summed E-state index contributed by atoms with van der Waals surface area (Å²) in [6, 6.07) is 15.3. The predicted molar refractivity (Wildman–Crippen MR) is 93.8 cm³/mol. The summed E-state index contributed by atoms with van der Waals surface area (Å²) in [6.07, 6.45) is 1.01. The molecule has 0 bridgehead atoms. The molecular formula is C16H17IN2O2. The number of nitrogens with zero attached hydrogens (tertiary/aromatic N) is 1. The predicted octanol–water partition coefficient (Wildman–Crippen LogP) is 4.81.